The molecule has 13 heavy (non-hydrogen) atoms. The van der Waals surface area contributed by atoms with Crippen LogP contribution in [0.4, 0.5) is 0 Å². The van der Waals surface area contributed by atoms with Crippen LogP contribution >= 0.6 is 0 Å². The zero-order valence-corrected chi connectivity index (χ0v) is 7.99. The highest BCUT2D eigenvalue weighted by atomic mass is 16.4. The fourth-order valence-electron chi connectivity index (χ4n) is 0.945. The molecule has 4 nitrogen and oxygen atoms in total. The number of nitrogens with zero attached hydrogens (tertiary/aromatic N) is 1. The zero-order chi connectivity index (χ0) is 10.4. The first-order valence-corrected chi connectivity index (χ1v) is 4.11. The lowest BCUT2D eigenvalue weighted by Crippen LogP contribution is -2.40. The van der Waals surface area contributed by atoms with Crippen molar-refractivity contribution in [1.29, 1.82) is 0 Å². The quantitative estimate of drug-likeness (QED) is 0.647. The van der Waals surface area contributed by atoms with Crippen molar-refractivity contribution in [1.82, 2.24) is 4.90 Å². The molecule has 0 bridgehead atoms. The van der Waals surface area contributed by atoms with Crippen molar-refractivity contribution in [2.75, 3.05) is 6.54 Å². The molecule has 0 aliphatic carbocycles. The van der Waals surface area contributed by atoms with E-state index >= 15 is 0 Å². The summed E-state index contributed by atoms with van der Waals surface area (Å²) in [7, 11) is 0. The summed E-state index contributed by atoms with van der Waals surface area (Å²) in [5.41, 5.74) is 0. The van der Waals surface area contributed by atoms with E-state index < -0.39 is 5.97 Å². The third-order valence-corrected chi connectivity index (χ3v) is 1.57. The molecule has 1 amide bonds. The van der Waals surface area contributed by atoms with E-state index in [9.17, 15) is 9.59 Å². The number of carboxylic acid groups (broad SMARTS) is 1. The Kier molecular flexibility index (Phi) is 4.80. The van der Waals surface area contributed by atoms with E-state index in [-0.39, 0.29) is 24.9 Å². The van der Waals surface area contributed by atoms with Crippen LogP contribution in [0.2, 0.25) is 0 Å². The highest BCUT2D eigenvalue weighted by Gasteiger charge is 2.17. The van der Waals surface area contributed by atoms with Gasteiger partial charge < -0.3 is 10.0 Å². The Morgan fingerprint density at radius 3 is 2.38 bits per heavy atom. The summed E-state index contributed by atoms with van der Waals surface area (Å²) in [5, 5.41) is 8.53. The van der Waals surface area contributed by atoms with Crippen LogP contribution in [0.1, 0.15) is 20.3 Å². The van der Waals surface area contributed by atoms with Crippen molar-refractivity contribution in [2.45, 2.75) is 26.3 Å². The highest BCUT2D eigenvalue weighted by Crippen LogP contribution is 2.01. The van der Waals surface area contributed by atoms with E-state index in [2.05, 4.69) is 6.58 Å². The van der Waals surface area contributed by atoms with Gasteiger partial charge in [0, 0.05) is 12.5 Å². The van der Waals surface area contributed by atoms with Crippen LogP contribution in [0.25, 0.3) is 0 Å². The predicted molar refractivity (Wildman–Crippen MR) is 49.3 cm³/mol. The van der Waals surface area contributed by atoms with Crippen molar-refractivity contribution < 1.29 is 14.7 Å². The average Bonchev–Trinajstić information content (AvgIpc) is 1.99. The molecule has 1 N–H and O–H groups in total. The Morgan fingerprint density at radius 1 is 1.54 bits per heavy atom. The summed E-state index contributed by atoms with van der Waals surface area (Å²) in [6.45, 7) is 6.74. The third-order valence-electron chi connectivity index (χ3n) is 1.57. The Balaban J connectivity index is 4.31. The van der Waals surface area contributed by atoms with Crippen molar-refractivity contribution in [3.63, 3.8) is 0 Å². The second kappa shape index (κ2) is 5.35. The SMILES string of the molecule is C=CCC(=O)N(CC(=O)O)C(C)C. The fourth-order valence-corrected chi connectivity index (χ4v) is 0.945. The molecular formula is C9H15NO3. The molecule has 0 aliphatic rings. The predicted octanol–water partition coefficient (Wildman–Crippen LogP) is 0.884. The van der Waals surface area contributed by atoms with Crippen LogP contribution in [0, 0.1) is 0 Å². The summed E-state index contributed by atoms with van der Waals surface area (Å²) in [6, 6.07) is -0.0939. The monoisotopic (exact) mass is 185 g/mol. The minimum absolute atomic E-state index is 0.0939. The van der Waals surface area contributed by atoms with E-state index in [4.69, 9.17) is 5.11 Å². The number of carbonyl (C=O) groups excluding carboxylic acids is 1. The fraction of sp³-hybridized carbons (Fsp3) is 0.556. The average molecular weight is 185 g/mol. The summed E-state index contributed by atoms with van der Waals surface area (Å²) in [5.74, 6) is -1.20. The molecule has 0 rings (SSSR count). The first-order valence-electron chi connectivity index (χ1n) is 4.11. The Morgan fingerprint density at radius 2 is 2.08 bits per heavy atom. The minimum Gasteiger partial charge on any atom is -0.480 e. The first-order chi connectivity index (χ1) is 5.99. The number of carbonyl (C=O) groups is 2. The molecule has 74 valence electrons. The van der Waals surface area contributed by atoms with Crippen molar-refractivity contribution in [3.05, 3.63) is 12.7 Å². The number of aliphatic carboxylic acids is 1. The minimum atomic E-state index is -0.994. The van der Waals surface area contributed by atoms with Gasteiger partial charge in [0.05, 0.1) is 0 Å². The van der Waals surface area contributed by atoms with Gasteiger partial charge >= 0.3 is 5.97 Å². The summed E-state index contributed by atoms with van der Waals surface area (Å²) in [6.07, 6.45) is 1.66. The van der Waals surface area contributed by atoms with Gasteiger partial charge in [-0.3, -0.25) is 9.59 Å². The number of amides is 1. The zero-order valence-electron chi connectivity index (χ0n) is 7.99. The molecule has 0 saturated carbocycles. The van der Waals surface area contributed by atoms with Crippen molar-refractivity contribution in [3.8, 4) is 0 Å². The second-order valence-corrected chi connectivity index (χ2v) is 3.00. The molecule has 0 aromatic carbocycles. The van der Waals surface area contributed by atoms with E-state index in [1.54, 1.807) is 13.8 Å². The molecule has 0 aromatic rings. The third kappa shape index (κ3) is 4.30. The van der Waals surface area contributed by atoms with Gasteiger partial charge in [-0.1, -0.05) is 6.08 Å². The lowest BCUT2D eigenvalue weighted by atomic mass is 10.2. The molecule has 0 saturated heterocycles. The Labute approximate surface area is 77.8 Å². The Bertz CT molecular complexity index is 211. The van der Waals surface area contributed by atoms with Gasteiger partial charge in [-0.05, 0) is 13.8 Å². The van der Waals surface area contributed by atoms with Crippen molar-refractivity contribution >= 4 is 11.9 Å². The van der Waals surface area contributed by atoms with Gasteiger partial charge in [0.25, 0.3) is 0 Å². The molecule has 0 spiro atoms. The van der Waals surface area contributed by atoms with E-state index in [1.165, 1.54) is 11.0 Å². The molecule has 0 heterocycles. The van der Waals surface area contributed by atoms with Crippen LogP contribution in [0.15, 0.2) is 12.7 Å². The molecule has 0 radical (unpaired) electrons. The Hall–Kier alpha value is -1.32. The van der Waals surface area contributed by atoms with Crippen LogP contribution < -0.4 is 0 Å². The van der Waals surface area contributed by atoms with Crippen LogP contribution in [-0.4, -0.2) is 34.5 Å². The van der Waals surface area contributed by atoms with Gasteiger partial charge in [0.1, 0.15) is 6.54 Å². The molecule has 0 atom stereocenters. The van der Waals surface area contributed by atoms with Crippen LogP contribution in [-0.2, 0) is 9.59 Å². The van der Waals surface area contributed by atoms with Crippen molar-refractivity contribution in [2.24, 2.45) is 0 Å². The molecule has 0 aliphatic heterocycles. The van der Waals surface area contributed by atoms with Crippen LogP contribution in [0.5, 0.6) is 0 Å². The van der Waals surface area contributed by atoms with Gasteiger partial charge in [-0.15, -0.1) is 6.58 Å². The maximum Gasteiger partial charge on any atom is 0.323 e. The number of rotatable bonds is 5. The summed E-state index contributed by atoms with van der Waals surface area (Å²) < 4.78 is 0. The van der Waals surface area contributed by atoms with E-state index in [0.717, 1.165) is 0 Å². The maximum absolute atomic E-state index is 11.3. The summed E-state index contributed by atoms with van der Waals surface area (Å²) >= 11 is 0. The molecule has 4 heteroatoms. The molecule has 0 fully saturated rings. The first kappa shape index (κ1) is 11.7. The smallest absolute Gasteiger partial charge is 0.323 e. The second-order valence-electron chi connectivity index (χ2n) is 3.00. The lowest BCUT2D eigenvalue weighted by molar-refractivity contribution is -0.145. The normalized spacial score (nSPS) is 9.77. The van der Waals surface area contributed by atoms with Crippen LogP contribution in [0.3, 0.4) is 0 Å². The van der Waals surface area contributed by atoms with E-state index in [0.29, 0.717) is 0 Å². The number of hydrogen-bond donors (Lipinski definition) is 1. The standard InChI is InChI=1S/C9H15NO3/c1-4-5-8(11)10(7(2)3)6-9(12)13/h4,7H,1,5-6H2,2-3H3,(H,12,13). The highest BCUT2D eigenvalue weighted by molar-refractivity contribution is 5.82. The van der Waals surface area contributed by atoms with E-state index in [1.807, 2.05) is 0 Å². The van der Waals surface area contributed by atoms with Gasteiger partial charge in [0.15, 0.2) is 0 Å². The topological polar surface area (TPSA) is 57.6 Å². The molecular weight excluding hydrogens is 170 g/mol. The summed E-state index contributed by atoms with van der Waals surface area (Å²) in [4.78, 5) is 23.0. The largest absolute Gasteiger partial charge is 0.480 e. The van der Waals surface area contributed by atoms with Gasteiger partial charge in [-0.25, -0.2) is 0 Å². The molecule has 0 unspecified atom stereocenters. The maximum atomic E-state index is 11.3. The number of hydrogen-bond acceptors (Lipinski definition) is 2. The number of carboxylic acids is 1. The lowest BCUT2D eigenvalue weighted by Gasteiger charge is -2.24. The van der Waals surface area contributed by atoms with Gasteiger partial charge in [-0.2, -0.15) is 0 Å². The molecule has 0 aromatic heterocycles. The van der Waals surface area contributed by atoms with Gasteiger partial charge in [0.2, 0.25) is 5.91 Å².